The van der Waals surface area contributed by atoms with Gasteiger partial charge in [-0.25, -0.2) is 4.98 Å². The highest BCUT2D eigenvalue weighted by Crippen LogP contribution is 2.10. The van der Waals surface area contributed by atoms with E-state index in [0.29, 0.717) is 12.1 Å². The molecule has 1 rings (SSSR count). The molecule has 3 heteroatoms. The van der Waals surface area contributed by atoms with Crippen LogP contribution in [0.2, 0.25) is 0 Å². The van der Waals surface area contributed by atoms with E-state index in [0.717, 1.165) is 12.5 Å². The van der Waals surface area contributed by atoms with Gasteiger partial charge in [0.15, 0.2) is 0 Å². The Labute approximate surface area is 99.3 Å². The highest BCUT2D eigenvalue weighted by atomic mass is 15.1. The minimum Gasteiger partial charge on any atom is -0.331 e. The van der Waals surface area contributed by atoms with Crippen LogP contribution < -0.4 is 5.32 Å². The van der Waals surface area contributed by atoms with Crippen molar-refractivity contribution in [1.82, 2.24) is 14.9 Å². The van der Waals surface area contributed by atoms with E-state index in [1.54, 1.807) is 0 Å². The first-order valence-corrected chi connectivity index (χ1v) is 6.24. The van der Waals surface area contributed by atoms with Gasteiger partial charge in [-0.2, -0.15) is 0 Å². The smallest absolute Gasteiger partial charge is 0.0951 e. The summed E-state index contributed by atoms with van der Waals surface area (Å²) in [7, 11) is 0. The highest BCUT2D eigenvalue weighted by Gasteiger charge is 2.08. The van der Waals surface area contributed by atoms with Crippen LogP contribution in [0.25, 0.3) is 0 Å². The van der Waals surface area contributed by atoms with Crippen molar-refractivity contribution in [2.24, 2.45) is 5.92 Å². The van der Waals surface area contributed by atoms with E-state index >= 15 is 0 Å². The average Bonchev–Trinajstić information content (AvgIpc) is 2.61. The van der Waals surface area contributed by atoms with E-state index in [4.69, 9.17) is 0 Å². The first-order chi connectivity index (χ1) is 7.50. The van der Waals surface area contributed by atoms with E-state index in [1.165, 1.54) is 12.1 Å². The molecule has 0 saturated carbocycles. The topological polar surface area (TPSA) is 29.9 Å². The molecule has 1 N–H and O–H groups in total. The number of nitrogens with zero attached hydrogens (tertiary/aromatic N) is 2. The molecule has 0 spiro atoms. The van der Waals surface area contributed by atoms with Gasteiger partial charge in [0.1, 0.15) is 0 Å². The Hall–Kier alpha value is -0.830. The summed E-state index contributed by atoms with van der Waals surface area (Å²) in [5, 5.41) is 3.55. The second-order valence-corrected chi connectivity index (χ2v) is 5.30. The Morgan fingerprint density at radius 3 is 2.50 bits per heavy atom. The van der Waals surface area contributed by atoms with Crippen LogP contribution in [0, 0.1) is 5.92 Å². The quantitative estimate of drug-likeness (QED) is 0.803. The fraction of sp³-hybridized carbons (Fsp3) is 0.769. The third-order valence-corrected chi connectivity index (χ3v) is 2.76. The summed E-state index contributed by atoms with van der Waals surface area (Å²) in [5.41, 5.74) is 1.27. The SMILES string of the molecule is CC(C)CC(C)NCc1cncn1C(C)C. The molecule has 16 heavy (non-hydrogen) atoms. The lowest BCUT2D eigenvalue weighted by Gasteiger charge is -2.17. The van der Waals surface area contributed by atoms with E-state index in [-0.39, 0.29) is 0 Å². The molecular weight excluding hydrogens is 198 g/mol. The number of rotatable bonds is 6. The monoisotopic (exact) mass is 223 g/mol. The average molecular weight is 223 g/mol. The van der Waals surface area contributed by atoms with Crippen LogP contribution in [-0.4, -0.2) is 15.6 Å². The minimum absolute atomic E-state index is 0.486. The van der Waals surface area contributed by atoms with Gasteiger partial charge in [0, 0.05) is 24.8 Å². The van der Waals surface area contributed by atoms with Crippen molar-refractivity contribution in [2.45, 2.75) is 59.7 Å². The summed E-state index contributed by atoms with van der Waals surface area (Å²) in [6, 6.07) is 1.05. The lowest BCUT2D eigenvalue weighted by Crippen LogP contribution is -2.28. The summed E-state index contributed by atoms with van der Waals surface area (Å²) in [6.07, 6.45) is 5.08. The van der Waals surface area contributed by atoms with Crippen molar-refractivity contribution in [1.29, 1.82) is 0 Å². The fourth-order valence-corrected chi connectivity index (χ4v) is 2.00. The van der Waals surface area contributed by atoms with Crippen molar-refractivity contribution in [2.75, 3.05) is 0 Å². The standard InChI is InChI=1S/C13H25N3/c1-10(2)6-12(5)15-8-13-7-14-9-16(13)11(3)4/h7,9-12,15H,6,8H2,1-5H3. The maximum Gasteiger partial charge on any atom is 0.0951 e. The van der Waals surface area contributed by atoms with Gasteiger partial charge in [0.2, 0.25) is 0 Å². The first kappa shape index (κ1) is 13.2. The number of hydrogen-bond acceptors (Lipinski definition) is 2. The third-order valence-electron chi connectivity index (χ3n) is 2.76. The van der Waals surface area contributed by atoms with Crippen LogP contribution in [-0.2, 0) is 6.54 Å². The summed E-state index contributed by atoms with van der Waals surface area (Å²) >= 11 is 0. The van der Waals surface area contributed by atoms with Crippen molar-refractivity contribution < 1.29 is 0 Å². The summed E-state index contributed by atoms with van der Waals surface area (Å²) < 4.78 is 2.22. The molecule has 1 aromatic heterocycles. The van der Waals surface area contributed by atoms with Crippen LogP contribution in [0.4, 0.5) is 0 Å². The minimum atomic E-state index is 0.486. The molecule has 3 nitrogen and oxygen atoms in total. The van der Waals surface area contributed by atoms with Gasteiger partial charge in [0.25, 0.3) is 0 Å². The molecule has 1 aromatic rings. The maximum atomic E-state index is 4.21. The fourth-order valence-electron chi connectivity index (χ4n) is 2.00. The lowest BCUT2D eigenvalue weighted by molar-refractivity contribution is 0.431. The van der Waals surface area contributed by atoms with E-state index in [2.05, 4.69) is 49.5 Å². The molecule has 0 saturated heterocycles. The van der Waals surface area contributed by atoms with Crippen molar-refractivity contribution >= 4 is 0 Å². The molecule has 1 heterocycles. The Morgan fingerprint density at radius 2 is 1.94 bits per heavy atom. The molecular formula is C13H25N3. The largest absolute Gasteiger partial charge is 0.331 e. The predicted molar refractivity (Wildman–Crippen MR) is 68.4 cm³/mol. The second-order valence-electron chi connectivity index (χ2n) is 5.30. The van der Waals surface area contributed by atoms with Crippen LogP contribution in [0.1, 0.15) is 52.8 Å². The number of nitrogens with one attached hydrogen (secondary N) is 1. The molecule has 0 aliphatic rings. The van der Waals surface area contributed by atoms with Crippen molar-refractivity contribution in [3.8, 4) is 0 Å². The predicted octanol–water partition coefficient (Wildman–Crippen LogP) is 2.99. The normalized spacial score (nSPS) is 13.7. The Morgan fingerprint density at radius 1 is 1.25 bits per heavy atom. The lowest BCUT2D eigenvalue weighted by atomic mass is 10.1. The Kier molecular flexibility index (Phi) is 5.00. The van der Waals surface area contributed by atoms with Gasteiger partial charge in [0.05, 0.1) is 12.0 Å². The summed E-state index contributed by atoms with van der Waals surface area (Å²) in [6.45, 7) is 12.0. The molecule has 0 aliphatic heterocycles. The third kappa shape index (κ3) is 3.97. The summed E-state index contributed by atoms with van der Waals surface area (Å²) in [5.74, 6) is 0.748. The Balaban J connectivity index is 2.45. The van der Waals surface area contributed by atoms with E-state index in [1.807, 2.05) is 12.5 Å². The maximum absolute atomic E-state index is 4.21. The number of hydrogen-bond donors (Lipinski definition) is 1. The van der Waals surface area contributed by atoms with E-state index in [9.17, 15) is 0 Å². The molecule has 0 aromatic carbocycles. The molecule has 0 fully saturated rings. The van der Waals surface area contributed by atoms with Gasteiger partial charge < -0.3 is 9.88 Å². The molecule has 0 amide bonds. The molecule has 92 valence electrons. The van der Waals surface area contributed by atoms with E-state index < -0.39 is 0 Å². The molecule has 0 bridgehead atoms. The molecule has 1 atom stereocenters. The van der Waals surface area contributed by atoms with Crippen LogP contribution in [0.5, 0.6) is 0 Å². The van der Waals surface area contributed by atoms with Gasteiger partial charge in [-0.1, -0.05) is 13.8 Å². The Bertz CT molecular complexity index is 302. The van der Waals surface area contributed by atoms with Gasteiger partial charge in [-0.15, -0.1) is 0 Å². The molecule has 0 radical (unpaired) electrons. The van der Waals surface area contributed by atoms with Crippen LogP contribution in [0.15, 0.2) is 12.5 Å². The summed E-state index contributed by atoms with van der Waals surface area (Å²) in [4.78, 5) is 4.21. The highest BCUT2D eigenvalue weighted by molar-refractivity contribution is 4.99. The van der Waals surface area contributed by atoms with Crippen molar-refractivity contribution in [3.63, 3.8) is 0 Å². The zero-order valence-electron chi connectivity index (χ0n) is 11.2. The zero-order chi connectivity index (χ0) is 12.1. The van der Waals surface area contributed by atoms with Gasteiger partial charge in [-0.3, -0.25) is 0 Å². The zero-order valence-corrected chi connectivity index (χ0v) is 11.2. The van der Waals surface area contributed by atoms with Gasteiger partial charge in [-0.05, 0) is 33.1 Å². The number of aromatic nitrogens is 2. The van der Waals surface area contributed by atoms with Gasteiger partial charge >= 0.3 is 0 Å². The first-order valence-electron chi connectivity index (χ1n) is 6.24. The molecule has 1 unspecified atom stereocenters. The molecule has 0 aliphatic carbocycles. The van der Waals surface area contributed by atoms with Crippen LogP contribution >= 0.6 is 0 Å². The second kappa shape index (κ2) is 6.04. The number of imidazole rings is 1. The van der Waals surface area contributed by atoms with Crippen LogP contribution in [0.3, 0.4) is 0 Å². The van der Waals surface area contributed by atoms with Crippen molar-refractivity contribution in [3.05, 3.63) is 18.2 Å².